The molecule has 0 radical (unpaired) electrons. The van der Waals surface area contributed by atoms with Gasteiger partial charge >= 0.3 is 0 Å². The van der Waals surface area contributed by atoms with Crippen molar-refractivity contribution in [1.82, 2.24) is 10.6 Å². The average molecular weight is 357 g/mol. The number of carbonyl (C=O) groups is 1. The third-order valence-corrected chi connectivity index (χ3v) is 5.02. The van der Waals surface area contributed by atoms with Gasteiger partial charge in [-0.15, -0.1) is 23.7 Å². The lowest BCUT2D eigenvalue weighted by molar-refractivity contribution is 0.0933. The zero-order chi connectivity index (χ0) is 14.7. The van der Waals surface area contributed by atoms with Crippen LogP contribution >= 0.6 is 35.3 Å². The van der Waals surface area contributed by atoms with Gasteiger partial charge in [0, 0.05) is 15.9 Å². The third-order valence-electron chi connectivity index (χ3n) is 3.63. The van der Waals surface area contributed by atoms with Crippen LogP contribution in [0.2, 0.25) is 5.02 Å². The minimum absolute atomic E-state index is 0. The second-order valence-electron chi connectivity index (χ2n) is 5.17. The highest BCUT2D eigenvalue weighted by Crippen LogP contribution is 2.29. The molecule has 6 heteroatoms. The fourth-order valence-corrected chi connectivity index (χ4v) is 3.49. The van der Waals surface area contributed by atoms with Crippen LogP contribution in [0, 0.1) is 0 Å². The number of rotatable bonds is 3. The van der Waals surface area contributed by atoms with Crippen molar-refractivity contribution in [2.75, 3.05) is 13.1 Å². The Kier molecular flexibility index (Phi) is 6.26. The second kappa shape index (κ2) is 7.97. The second-order valence-corrected chi connectivity index (χ2v) is 6.69. The van der Waals surface area contributed by atoms with Gasteiger partial charge in [0.1, 0.15) is 0 Å². The lowest BCUT2D eigenvalue weighted by Crippen LogP contribution is -2.42. The average Bonchev–Trinajstić information content (AvgIpc) is 2.99. The van der Waals surface area contributed by atoms with Gasteiger partial charge in [0.2, 0.25) is 0 Å². The summed E-state index contributed by atoms with van der Waals surface area (Å²) in [5.41, 5.74) is 1.09. The molecule has 0 unspecified atom stereocenters. The van der Waals surface area contributed by atoms with Crippen molar-refractivity contribution in [3.8, 4) is 10.4 Å². The number of thiophene rings is 1. The molecule has 1 aliphatic heterocycles. The van der Waals surface area contributed by atoms with Crippen molar-refractivity contribution < 1.29 is 4.79 Å². The molecule has 0 saturated carbocycles. The molecule has 2 N–H and O–H groups in total. The number of amides is 1. The Bertz CT molecular complexity index is 621. The molecule has 1 aliphatic rings. The summed E-state index contributed by atoms with van der Waals surface area (Å²) in [6.07, 6.45) is 2.00. The predicted molar refractivity (Wildman–Crippen MR) is 95.4 cm³/mol. The maximum absolute atomic E-state index is 12.3. The molecule has 3 rings (SSSR count). The van der Waals surface area contributed by atoms with Gasteiger partial charge in [0.25, 0.3) is 5.91 Å². The van der Waals surface area contributed by atoms with Gasteiger partial charge in [-0.3, -0.25) is 4.79 Å². The highest BCUT2D eigenvalue weighted by Gasteiger charge is 2.17. The Morgan fingerprint density at radius 1 is 1.14 bits per heavy atom. The Hall–Kier alpha value is -1.07. The minimum Gasteiger partial charge on any atom is -0.349 e. The normalized spacial score (nSPS) is 15.1. The SMILES string of the molecule is Cl.O=C(NC1CCNCC1)c1ccc(-c2ccc(Cl)cc2)s1. The van der Waals surface area contributed by atoms with Crippen LogP contribution < -0.4 is 10.6 Å². The van der Waals surface area contributed by atoms with E-state index in [1.54, 1.807) is 0 Å². The summed E-state index contributed by atoms with van der Waals surface area (Å²) >= 11 is 7.42. The quantitative estimate of drug-likeness (QED) is 0.873. The van der Waals surface area contributed by atoms with Crippen LogP contribution in [-0.2, 0) is 0 Å². The van der Waals surface area contributed by atoms with Crippen molar-refractivity contribution >= 4 is 41.3 Å². The number of nitrogens with one attached hydrogen (secondary N) is 2. The molecular weight excluding hydrogens is 339 g/mol. The molecule has 1 saturated heterocycles. The van der Waals surface area contributed by atoms with E-state index in [1.807, 2.05) is 36.4 Å². The molecule has 1 amide bonds. The molecule has 0 bridgehead atoms. The molecule has 3 nitrogen and oxygen atoms in total. The minimum atomic E-state index is 0. The Balaban J connectivity index is 0.00000176. The Labute approximate surface area is 145 Å². The van der Waals surface area contributed by atoms with Crippen LogP contribution in [0.1, 0.15) is 22.5 Å². The zero-order valence-electron chi connectivity index (χ0n) is 12.0. The number of hydrogen-bond donors (Lipinski definition) is 2. The first-order chi connectivity index (χ1) is 10.2. The number of hydrogen-bond acceptors (Lipinski definition) is 3. The third kappa shape index (κ3) is 4.23. The maximum atomic E-state index is 12.3. The van der Waals surface area contributed by atoms with Crippen LogP contribution in [0.25, 0.3) is 10.4 Å². The highest BCUT2D eigenvalue weighted by molar-refractivity contribution is 7.17. The topological polar surface area (TPSA) is 41.1 Å². The van der Waals surface area contributed by atoms with Gasteiger partial charge in [0.05, 0.1) is 4.88 Å². The Morgan fingerprint density at radius 3 is 2.50 bits per heavy atom. The molecular formula is C16H18Cl2N2OS. The molecule has 118 valence electrons. The smallest absolute Gasteiger partial charge is 0.261 e. The first-order valence-corrected chi connectivity index (χ1v) is 8.29. The van der Waals surface area contributed by atoms with E-state index < -0.39 is 0 Å². The van der Waals surface area contributed by atoms with Crippen LogP contribution in [0.5, 0.6) is 0 Å². The van der Waals surface area contributed by atoms with Gasteiger partial charge < -0.3 is 10.6 Å². The number of piperidine rings is 1. The summed E-state index contributed by atoms with van der Waals surface area (Å²) in [6.45, 7) is 1.96. The van der Waals surface area contributed by atoms with E-state index in [0.717, 1.165) is 46.3 Å². The molecule has 0 atom stereocenters. The monoisotopic (exact) mass is 356 g/mol. The van der Waals surface area contributed by atoms with Crippen molar-refractivity contribution in [3.05, 3.63) is 46.3 Å². The van der Waals surface area contributed by atoms with Gasteiger partial charge in [-0.05, 0) is 55.8 Å². The molecule has 22 heavy (non-hydrogen) atoms. The zero-order valence-corrected chi connectivity index (χ0v) is 14.4. The lowest BCUT2D eigenvalue weighted by atomic mass is 10.1. The van der Waals surface area contributed by atoms with Crippen molar-refractivity contribution in [3.63, 3.8) is 0 Å². The summed E-state index contributed by atoms with van der Waals surface area (Å²) in [4.78, 5) is 14.1. The van der Waals surface area contributed by atoms with E-state index in [0.29, 0.717) is 6.04 Å². The van der Waals surface area contributed by atoms with E-state index in [2.05, 4.69) is 10.6 Å². The molecule has 2 heterocycles. The van der Waals surface area contributed by atoms with E-state index in [9.17, 15) is 4.79 Å². The van der Waals surface area contributed by atoms with Gasteiger partial charge in [-0.2, -0.15) is 0 Å². The van der Waals surface area contributed by atoms with E-state index in [-0.39, 0.29) is 18.3 Å². The van der Waals surface area contributed by atoms with Crippen LogP contribution in [-0.4, -0.2) is 25.0 Å². The Morgan fingerprint density at radius 2 is 1.82 bits per heavy atom. The van der Waals surface area contributed by atoms with Gasteiger partial charge in [-0.1, -0.05) is 23.7 Å². The summed E-state index contributed by atoms with van der Waals surface area (Å²) < 4.78 is 0. The standard InChI is InChI=1S/C16H17ClN2OS.ClH/c17-12-3-1-11(2-4-12)14-5-6-15(21-14)16(20)19-13-7-9-18-10-8-13;/h1-6,13,18H,7-10H2,(H,19,20);1H. The fraction of sp³-hybridized carbons (Fsp3) is 0.312. The first-order valence-electron chi connectivity index (χ1n) is 7.10. The summed E-state index contributed by atoms with van der Waals surface area (Å²) in [7, 11) is 0. The van der Waals surface area contributed by atoms with Crippen LogP contribution in [0.15, 0.2) is 36.4 Å². The molecule has 1 aromatic heterocycles. The summed E-state index contributed by atoms with van der Waals surface area (Å²) in [6, 6.07) is 11.9. The van der Waals surface area contributed by atoms with Gasteiger partial charge in [-0.25, -0.2) is 0 Å². The van der Waals surface area contributed by atoms with E-state index in [1.165, 1.54) is 11.3 Å². The van der Waals surface area contributed by atoms with Crippen LogP contribution in [0.3, 0.4) is 0 Å². The van der Waals surface area contributed by atoms with Crippen molar-refractivity contribution in [2.45, 2.75) is 18.9 Å². The van der Waals surface area contributed by atoms with E-state index >= 15 is 0 Å². The molecule has 2 aromatic rings. The first kappa shape index (κ1) is 17.3. The highest BCUT2D eigenvalue weighted by atomic mass is 35.5. The molecule has 0 spiro atoms. The van der Waals surface area contributed by atoms with Crippen LogP contribution in [0.4, 0.5) is 0 Å². The maximum Gasteiger partial charge on any atom is 0.261 e. The van der Waals surface area contributed by atoms with Gasteiger partial charge in [0.15, 0.2) is 0 Å². The predicted octanol–water partition coefficient (Wildman–Crippen LogP) is 3.97. The molecule has 1 fully saturated rings. The number of carbonyl (C=O) groups excluding carboxylic acids is 1. The number of halogens is 2. The molecule has 1 aromatic carbocycles. The van der Waals surface area contributed by atoms with E-state index in [4.69, 9.17) is 11.6 Å². The fourth-order valence-electron chi connectivity index (χ4n) is 2.45. The number of benzene rings is 1. The van der Waals surface area contributed by atoms with Crippen molar-refractivity contribution in [2.24, 2.45) is 0 Å². The summed E-state index contributed by atoms with van der Waals surface area (Å²) in [5.74, 6) is 0.0344. The van der Waals surface area contributed by atoms with Crippen molar-refractivity contribution in [1.29, 1.82) is 0 Å². The lowest BCUT2D eigenvalue weighted by Gasteiger charge is -2.23. The largest absolute Gasteiger partial charge is 0.349 e. The molecule has 0 aliphatic carbocycles. The summed E-state index contributed by atoms with van der Waals surface area (Å²) in [5, 5.41) is 7.14.